The van der Waals surface area contributed by atoms with E-state index in [1.165, 1.54) is 12.1 Å². The molecule has 0 radical (unpaired) electrons. The average molecular weight is 437 g/mol. The van der Waals surface area contributed by atoms with E-state index in [1.807, 2.05) is 47.0 Å². The molecule has 1 aromatic heterocycles. The Morgan fingerprint density at radius 2 is 1.88 bits per heavy atom. The SMILES string of the molecule is COc1ccc(C2CCCCCN2C(=O)NC(c2ccc(F)cc2)c2nccn2C)cc1. The summed E-state index contributed by atoms with van der Waals surface area (Å²) in [5.41, 5.74) is 1.88. The number of methoxy groups -OCH3 is 1. The third kappa shape index (κ3) is 4.77. The Morgan fingerprint density at radius 3 is 2.53 bits per heavy atom. The van der Waals surface area contributed by atoms with E-state index >= 15 is 0 Å². The summed E-state index contributed by atoms with van der Waals surface area (Å²) in [7, 11) is 3.53. The molecule has 168 valence electrons. The summed E-state index contributed by atoms with van der Waals surface area (Å²) in [6.45, 7) is 0.680. The maximum absolute atomic E-state index is 13.6. The molecule has 2 unspecified atom stereocenters. The molecule has 0 bridgehead atoms. The summed E-state index contributed by atoms with van der Waals surface area (Å²) in [4.78, 5) is 20.0. The number of aryl methyl sites for hydroxylation is 1. The number of carbonyl (C=O) groups is 1. The molecule has 1 fully saturated rings. The molecule has 3 aromatic rings. The molecule has 0 aliphatic carbocycles. The Kier molecular flexibility index (Phi) is 6.73. The lowest BCUT2D eigenvalue weighted by molar-refractivity contribution is 0.173. The quantitative estimate of drug-likeness (QED) is 0.613. The number of likely N-dealkylation sites (tertiary alicyclic amines) is 1. The van der Waals surface area contributed by atoms with Crippen molar-refractivity contribution in [3.8, 4) is 5.75 Å². The molecule has 0 saturated carbocycles. The fourth-order valence-electron chi connectivity index (χ4n) is 4.34. The number of aromatic nitrogens is 2. The number of amides is 2. The zero-order valence-corrected chi connectivity index (χ0v) is 18.5. The Morgan fingerprint density at radius 1 is 1.12 bits per heavy atom. The topological polar surface area (TPSA) is 59.4 Å². The Hall–Kier alpha value is -3.35. The van der Waals surface area contributed by atoms with E-state index in [1.54, 1.807) is 25.4 Å². The van der Waals surface area contributed by atoms with E-state index in [2.05, 4.69) is 10.3 Å². The Labute approximate surface area is 188 Å². The van der Waals surface area contributed by atoms with Gasteiger partial charge in [-0.05, 0) is 48.2 Å². The van der Waals surface area contributed by atoms with Crippen molar-refractivity contribution in [2.75, 3.05) is 13.7 Å². The summed E-state index contributed by atoms with van der Waals surface area (Å²) in [6.07, 6.45) is 7.57. The van der Waals surface area contributed by atoms with Gasteiger partial charge < -0.3 is 19.5 Å². The molecule has 6 nitrogen and oxygen atoms in total. The Balaban J connectivity index is 1.62. The van der Waals surface area contributed by atoms with Crippen molar-refractivity contribution >= 4 is 6.03 Å². The summed E-state index contributed by atoms with van der Waals surface area (Å²) < 4.78 is 20.7. The number of hydrogen-bond acceptors (Lipinski definition) is 3. The number of nitrogens with zero attached hydrogens (tertiary/aromatic N) is 3. The van der Waals surface area contributed by atoms with Crippen LogP contribution in [0.4, 0.5) is 9.18 Å². The molecule has 1 N–H and O–H groups in total. The molecule has 4 rings (SSSR count). The van der Waals surface area contributed by atoms with Crippen LogP contribution in [-0.4, -0.2) is 34.1 Å². The molecular formula is C25H29FN4O2. The maximum Gasteiger partial charge on any atom is 0.318 e. The van der Waals surface area contributed by atoms with Crippen LogP contribution in [0.3, 0.4) is 0 Å². The van der Waals surface area contributed by atoms with Crippen molar-refractivity contribution in [1.82, 2.24) is 19.8 Å². The van der Waals surface area contributed by atoms with Crippen molar-refractivity contribution < 1.29 is 13.9 Å². The van der Waals surface area contributed by atoms with Gasteiger partial charge >= 0.3 is 6.03 Å². The monoisotopic (exact) mass is 436 g/mol. The van der Waals surface area contributed by atoms with Crippen LogP contribution in [0.2, 0.25) is 0 Å². The van der Waals surface area contributed by atoms with Gasteiger partial charge in [-0.15, -0.1) is 0 Å². The zero-order chi connectivity index (χ0) is 22.5. The van der Waals surface area contributed by atoms with Gasteiger partial charge in [0.2, 0.25) is 0 Å². The molecular weight excluding hydrogens is 407 g/mol. The molecule has 2 aromatic carbocycles. The normalized spacial score (nSPS) is 17.5. The number of hydrogen-bond donors (Lipinski definition) is 1. The summed E-state index contributed by atoms with van der Waals surface area (Å²) in [6, 6.07) is 13.5. The fourth-order valence-corrected chi connectivity index (χ4v) is 4.34. The molecule has 1 saturated heterocycles. The number of halogens is 1. The number of benzene rings is 2. The predicted molar refractivity (Wildman–Crippen MR) is 121 cm³/mol. The first-order valence-corrected chi connectivity index (χ1v) is 11.0. The molecule has 0 spiro atoms. The van der Waals surface area contributed by atoms with Gasteiger partial charge in [0.25, 0.3) is 0 Å². The van der Waals surface area contributed by atoms with Crippen LogP contribution in [-0.2, 0) is 7.05 Å². The highest BCUT2D eigenvalue weighted by Gasteiger charge is 2.30. The largest absolute Gasteiger partial charge is 0.497 e. The van der Waals surface area contributed by atoms with Crippen molar-refractivity contribution in [1.29, 1.82) is 0 Å². The summed E-state index contributed by atoms with van der Waals surface area (Å²) >= 11 is 0. The molecule has 2 amide bonds. The second-order valence-corrected chi connectivity index (χ2v) is 8.16. The maximum atomic E-state index is 13.6. The van der Waals surface area contributed by atoms with Crippen LogP contribution in [0.1, 0.15) is 54.7 Å². The molecule has 7 heteroatoms. The van der Waals surface area contributed by atoms with Crippen LogP contribution in [0.15, 0.2) is 60.9 Å². The van der Waals surface area contributed by atoms with E-state index in [0.29, 0.717) is 12.4 Å². The molecule has 1 aliphatic heterocycles. The molecule has 2 heterocycles. The van der Waals surface area contributed by atoms with Crippen molar-refractivity contribution in [2.45, 2.75) is 37.8 Å². The van der Waals surface area contributed by atoms with Gasteiger partial charge in [0.1, 0.15) is 23.4 Å². The van der Waals surface area contributed by atoms with Crippen LogP contribution >= 0.6 is 0 Å². The van der Waals surface area contributed by atoms with E-state index < -0.39 is 6.04 Å². The summed E-state index contributed by atoms with van der Waals surface area (Å²) in [5, 5.41) is 3.17. The van der Waals surface area contributed by atoms with Gasteiger partial charge in [0.15, 0.2) is 0 Å². The van der Waals surface area contributed by atoms with Crippen molar-refractivity contribution in [2.24, 2.45) is 7.05 Å². The van der Waals surface area contributed by atoms with Crippen molar-refractivity contribution in [3.63, 3.8) is 0 Å². The number of urea groups is 1. The first-order valence-electron chi connectivity index (χ1n) is 11.0. The van der Waals surface area contributed by atoms with Crippen LogP contribution in [0.25, 0.3) is 0 Å². The lowest BCUT2D eigenvalue weighted by Gasteiger charge is -2.32. The number of carbonyl (C=O) groups excluding carboxylic acids is 1. The van der Waals surface area contributed by atoms with Crippen molar-refractivity contribution in [3.05, 3.63) is 83.7 Å². The van der Waals surface area contributed by atoms with Gasteiger partial charge in [0.05, 0.1) is 13.2 Å². The second kappa shape index (κ2) is 9.85. The lowest BCUT2D eigenvalue weighted by Crippen LogP contribution is -2.44. The van der Waals surface area contributed by atoms with E-state index in [-0.39, 0.29) is 17.9 Å². The van der Waals surface area contributed by atoms with Gasteiger partial charge in [-0.1, -0.05) is 37.1 Å². The minimum atomic E-state index is -0.483. The number of imidazole rings is 1. The molecule has 32 heavy (non-hydrogen) atoms. The lowest BCUT2D eigenvalue weighted by atomic mass is 10.0. The molecule has 2 atom stereocenters. The van der Waals surface area contributed by atoms with E-state index in [0.717, 1.165) is 42.6 Å². The van der Waals surface area contributed by atoms with Crippen LogP contribution < -0.4 is 10.1 Å². The van der Waals surface area contributed by atoms with Crippen LogP contribution in [0.5, 0.6) is 5.75 Å². The Bertz CT molecular complexity index is 1030. The predicted octanol–water partition coefficient (Wildman–Crippen LogP) is 4.98. The highest BCUT2D eigenvalue weighted by Crippen LogP contribution is 2.32. The minimum absolute atomic E-state index is 0.0151. The third-order valence-electron chi connectivity index (χ3n) is 6.10. The average Bonchev–Trinajstić information content (AvgIpc) is 3.08. The first-order chi connectivity index (χ1) is 15.6. The third-order valence-corrected chi connectivity index (χ3v) is 6.10. The van der Waals surface area contributed by atoms with Gasteiger partial charge in [-0.25, -0.2) is 14.2 Å². The minimum Gasteiger partial charge on any atom is -0.497 e. The number of nitrogens with one attached hydrogen (secondary N) is 1. The summed E-state index contributed by atoms with van der Waals surface area (Å²) in [5.74, 6) is 1.18. The highest BCUT2D eigenvalue weighted by atomic mass is 19.1. The zero-order valence-electron chi connectivity index (χ0n) is 18.5. The van der Waals surface area contributed by atoms with Gasteiger partial charge in [-0.2, -0.15) is 0 Å². The van der Waals surface area contributed by atoms with E-state index in [9.17, 15) is 9.18 Å². The number of ether oxygens (including phenoxy) is 1. The smallest absolute Gasteiger partial charge is 0.318 e. The molecule has 1 aliphatic rings. The first kappa shape index (κ1) is 21.9. The van der Waals surface area contributed by atoms with Crippen LogP contribution in [0, 0.1) is 5.82 Å². The number of rotatable bonds is 5. The second-order valence-electron chi connectivity index (χ2n) is 8.16. The van der Waals surface area contributed by atoms with Gasteiger partial charge in [0, 0.05) is 26.0 Å². The van der Waals surface area contributed by atoms with Gasteiger partial charge in [-0.3, -0.25) is 0 Å². The standard InChI is InChI=1S/C25H29FN4O2/c1-29-17-15-27-24(29)23(19-7-11-20(26)12-8-19)28-25(31)30-16-5-3-4-6-22(30)18-9-13-21(32-2)14-10-18/h7-15,17,22-23H,3-6,16H2,1-2H3,(H,28,31). The van der Waals surface area contributed by atoms with E-state index in [4.69, 9.17) is 4.74 Å². The fraction of sp³-hybridized carbons (Fsp3) is 0.360. The highest BCUT2D eigenvalue weighted by molar-refractivity contribution is 5.76.